The van der Waals surface area contributed by atoms with Crippen LogP contribution in [0.4, 0.5) is 13.2 Å². The summed E-state index contributed by atoms with van der Waals surface area (Å²) in [6.45, 7) is 1.31. The number of nitrogens with zero attached hydrogens (tertiary/aromatic N) is 3. The van der Waals surface area contributed by atoms with Crippen molar-refractivity contribution in [2.75, 3.05) is 6.54 Å². The summed E-state index contributed by atoms with van der Waals surface area (Å²) >= 11 is 0. The Labute approximate surface area is 143 Å². The van der Waals surface area contributed by atoms with E-state index < -0.39 is 11.9 Å². The molecule has 0 atom stereocenters. The molecular formula is C18H18F3N3O. The van der Waals surface area contributed by atoms with Crippen LogP contribution in [0.5, 0.6) is 0 Å². The molecular weight excluding hydrogens is 331 g/mol. The van der Waals surface area contributed by atoms with Crippen molar-refractivity contribution < 1.29 is 18.0 Å². The summed E-state index contributed by atoms with van der Waals surface area (Å²) in [5.41, 5.74) is 1.84. The summed E-state index contributed by atoms with van der Waals surface area (Å²) in [6.07, 6.45) is -1.17. The summed E-state index contributed by atoms with van der Waals surface area (Å²) in [4.78, 5) is 13.5. The Hall–Kier alpha value is -2.31. The molecule has 2 aromatic rings. The van der Waals surface area contributed by atoms with Gasteiger partial charge in [0.15, 0.2) is 5.69 Å². The Bertz CT molecular complexity index is 808. The molecule has 2 aliphatic rings. The molecule has 25 heavy (non-hydrogen) atoms. The zero-order valence-electron chi connectivity index (χ0n) is 13.6. The summed E-state index contributed by atoms with van der Waals surface area (Å²) in [6, 6.07) is 7.28. The second-order valence-corrected chi connectivity index (χ2v) is 6.62. The minimum Gasteiger partial charge on any atom is -0.338 e. The van der Waals surface area contributed by atoms with Gasteiger partial charge in [-0.15, -0.1) is 0 Å². The largest absolute Gasteiger partial charge is 0.435 e. The number of alkyl halides is 3. The van der Waals surface area contributed by atoms with E-state index in [1.54, 1.807) is 12.1 Å². The quantitative estimate of drug-likeness (QED) is 0.851. The molecule has 0 saturated carbocycles. The van der Waals surface area contributed by atoms with Crippen LogP contribution in [0.3, 0.4) is 0 Å². The van der Waals surface area contributed by atoms with Gasteiger partial charge in [-0.2, -0.15) is 18.3 Å². The van der Waals surface area contributed by atoms with Crippen molar-refractivity contribution in [2.45, 2.75) is 44.8 Å². The third-order valence-electron chi connectivity index (χ3n) is 4.92. The number of fused-ring (bicyclic) bond motifs is 1. The van der Waals surface area contributed by atoms with Crippen molar-refractivity contribution in [2.24, 2.45) is 0 Å². The lowest BCUT2D eigenvalue weighted by molar-refractivity contribution is -0.142. The van der Waals surface area contributed by atoms with Crippen LogP contribution in [-0.2, 0) is 30.4 Å². The number of aromatic nitrogens is 2. The van der Waals surface area contributed by atoms with Crippen LogP contribution >= 0.6 is 0 Å². The third kappa shape index (κ3) is 2.92. The van der Waals surface area contributed by atoms with Gasteiger partial charge in [0.1, 0.15) is 0 Å². The molecule has 0 bridgehead atoms. The average molecular weight is 349 g/mol. The fraction of sp³-hybridized carbons (Fsp3) is 0.444. The molecule has 1 fully saturated rings. The van der Waals surface area contributed by atoms with Gasteiger partial charge >= 0.3 is 6.18 Å². The first kappa shape index (κ1) is 16.2. The molecule has 1 aliphatic heterocycles. The van der Waals surface area contributed by atoms with Gasteiger partial charge in [-0.1, -0.05) is 12.1 Å². The summed E-state index contributed by atoms with van der Waals surface area (Å²) in [7, 11) is 0. The van der Waals surface area contributed by atoms with E-state index in [1.807, 2.05) is 17.0 Å². The smallest absolute Gasteiger partial charge is 0.338 e. The molecule has 4 rings (SSSR count). The number of halogens is 3. The van der Waals surface area contributed by atoms with Gasteiger partial charge in [0.2, 0.25) is 5.91 Å². The Morgan fingerprint density at radius 3 is 2.44 bits per heavy atom. The first-order valence-electron chi connectivity index (χ1n) is 8.48. The van der Waals surface area contributed by atoms with Crippen LogP contribution in [0.1, 0.15) is 41.8 Å². The molecule has 1 aliphatic carbocycles. The first-order chi connectivity index (χ1) is 11.9. The Balaban J connectivity index is 1.61. The van der Waals surface area contributed by atoms with Crippen molar-refractivity contribution in [3.05, 3.63) is 46.8 Å². The molecule has 1 aromatic heterocycles. The van der Waals surface area contributed by atoms with Crippen molar-refractivity contribution in [3.8, 4) is 5.69 Å². The minimum absolute atomic E-state index is 0.156. The Morgan fingerprint density at radius 1 is 1.04 bits per heavy atom. The maximum absolute atomic E-state index is 13.2. The predicted molar refractivity (Wildman–Crippen MR) is 85.2 cm³/mol. The molecule has 0 radical (unpaired) electrons. The van der Waals surface area contributed by atoms with Gasteiger partial charge in [0.05, 0.1) is 5.69 Å². The zero-order chi connectivity index (χ0) is 17.6. The lowest BCUT2D eigenvalue weighted by Crippen LogP contribution is -2.23. The van der Waals surface area contributed by atoms with Gasteiger partial charge in [0.25, 0.3) is 0 Å². The lowest BCUT2D eigenvalue weighted by Gasteiger charge is -2.15. The van der Waals surface area contributed by atoms with Crippen LogP contribution in [0.25, 0.3) is 5.69 Å². The number of carbonyl (C=O) groups excluding carboxylic acids is 1. The maximum Gasteiger partial charge on any atom is 0.435 e. The lowest BCUT2D eigenvalue weighted by atomic mass is 10.2. The van der Waals surface area contributed by atoms with Gasteiger partial charge in [-0.25, -0.2) is 4.68 Å². The highest BCUT2D eigenvalue weighted by Crippen LogP contribution is 2.37. The number of hydrogen-bond donors (Lipinski definition) is 0. The van der Waals surface area contributed by atoms with E-state index in [4.69, 9.17) is 0 Å². The predicted octanol–water partition coefficient (Wildman–Crippen LogP) is 3.50. The van der Waals surface area contributed by atoms with E-state index in [2.05, 4.69) is 5.10 Å². The fourth-order valence-corrected chi connectivity index (χ4v) is 3.71. The van der Waals surface area contributed by atoms with E-state index >= 15 is 0 Å². The monoisotopic (exact) mass is 349 g/mol. The highest BCUT2D eigenvalue weighted by molar-refractivity contribution is 5.78. The number of hydrogen-bond acceptors (Lipinski definition) is 2. The number of amides is 1. The number of carbonyl (C=O) groups is 1. The zero-order valence-corrected chi connectivity index (χ0v) is 13.6. The van der Waals surface area contributed by atoms with E-state index in [0.29, 0.717) is 42.8 Å². The standard InChI is InChI=1S/C18H18F3N3O/c19-18(20,21)17-14-3-1-4-15(14)24(22-17)13-8-6-12(7-9-13)11-23-10-2-5-16(23)25/h6-9H,1-5,10-11H2. The van der Waals surface area contributed by atoms with Crippen LogP contribution in [-0.4, -0.2) is 27.1 Å². The summed E-state index contributed by atoms with van der Waals surface area (Å²) < 4.78 is 41.0. The number of benzene rings is 1. The second-order valence-electron chi connectivity index (χ2n) is 6.62. The van der Waals surface area contributed by atoms with Crippen LogP contribution in [0.2, 0.25) is 0 Å². The fourth-order valence-electron chi connectivity index (χ4n) is 3.71. The highest BCUT2D eigenvalue weighted by Gasteiger charge is 2.40. The molecule has 1 aromatic carbocycles. The minimum atomic E-state index is -4.42. The van der Waals surface area contributed by atoms with E-state index in [1.165, 1.54) is 4.68 Å². The molecule has 2 heterocycles. The molecule has 4 nitrogen and oxygen atoms in total. The van der Waals surface area contributed by atoms with Gasteiger partial charge in [0, 0.05) is 30.8 Å². The van der Waals surface area contributed by atoms with E-state index in [-0.39, 0.29) is 5.91 Å². The molecule has 7 heteroatoms. The van der Waals surface area contributed by atoms with Crippen LogP contribution in [0, 0.1) is 0 Å². The van der Waals surface area contributed by atoms with Crippen molar-refractivity contribution in [1.82, 2.24) is 14.7 Å². The third-order valence-corrected chi connectivity index (χ3v) is 4.92. The van der Waals surface area contributed by atoms with Gasteiger partial charge in [-0.05, 0) is 43.4 Å². The Kier molecular flexibility index (Phi) is 3.81. The first-order valence-corrected chi connectivity index (χ1v) is 8.48. The second kappa shape index (κ2) is 5.89. The molecule has 1 saturated heterocycles. The average Bonchev–Trinajstić information content (AvgIpc) is 3.24. The molecule has 1 amide bonds. The van der Waals surface area contributed by atoms with Crippen molar-refractivity contribution in [1.29, 1.82) is 0 Å². The molecule has 0 N–H and O–H groups in total. The number of rotatable bonds is 3. The normalized spacial score (nSPS) is 17.4. The van der Waals surface area contributed by atoms with Crippen molar-refractivity contribution in [3.63, 3.8) is 0 Å². The SMILES string of the molecule is O=C1CCCN1Cc1ccc(-n2nc(C(F)(F)F)c3c2CCC3)cc1. The maximum atomic E-state index is 13.2. The highest BCUT2D eigenvalue weighted by atomic mass is 19.4. The van der Waals surface area contributed by atoms with E-state index in [0.717, 1.165) is 24.9 Å². The van der Waals surface area contributed by atoms with Crippen molar-refractivity contribution >= 4 is 5.91 Å². The van der Waals surface area contributed by atoms with Crippen LogP contribution in [0.15, 0.2) is 24.3 Å². The topological polar surface area (TPSA) is 38.1 Å². The molecule has 132 valence electrons. The summed E-state index contributed by atoms with van der Waals surface area (Å²) in [5, 5.41) is 3.85. The summed E-state index contributed by atoms with van der Waals surface area (Å²) in [5.74, 6) is 0.156. The molecule has 0 unspecified atom stereocenters. The molecule has 0 spiro atoms. The van der Waals surface area contributed by atoms with Gasteiger partial charge < -0.3 is 4.90 Å². The van der Waals surface area contributed by atoms with E-state index in [9.17, 15) is 18.0 Å². The van der Waals surface area contributed by atoms with Crippen LogP contribution < -0.4 is 0 Å². The van der Waals surface area contributed by atoms with Gasteiger partial charge in [-0.3, -0.25) is 4.79 Å². The Morgan fingerprint density at radius 2 is 1.80 bits per heavy atom. The number of likely N-dealkylation sites (tertiary alicyclic amines) is 1.